The topological polar surface area (TPSA) is 20.2 Å². The minimum atomic E-state index is -0.362. The highest BCUT2D eigenvalue weighted by Crippen LogP contribution is 2.35. The van der Waals surface area contributed by atoms with E-state index in [1.165, 1.54) is 6.07 Å². The fraction of sp³-hybridized carbons (Fsp3) is 0. The van der Waals surface area contributed by atoms with Crippen LogP contribution in [-0.2, 0) is 0 Å². The second-order valence-corrected chi connectivity index (χ2v) is 4.78. The molecule has 0 saturated carbocycles. The molecule has 3 heteroatoms. The average molecular weight is 273 g/mol. The van der Waals surface area contributed by atoms with Gasteiger partial charge in [0.05, 0.1) is 0 Å². The summed E-state index contributed by atoms with van der Waals surface area (Å²) in [6.45, 7) is 0. The number of hydrogen-bond donors (Lipinski definition) is 1. The predicted molar refractivity (Wildman–Crippen MR) is 76.0 cm³/mol. The van der Waals surface area contributed by atoms with E-state index in [0.717, 1.165) is 10.8 Å². The zero-order chi connectivity index (χ0) is 13.4. The molecular weight excluding hydrogens is 263 g/mol. The molecule has 0 aliphatic rings. The Labute approximate surface area is 114 Å². The van der Waals surface area contributed by atoms with Crippen LogP contribution >= 0.6 is 11.6 Å². The molecule has 0 saturated heterocycles. The van der Waals surface area contributed by atoms with E-state index in [-0.39, 0.29) is 11.6 Å². The molecule has 0 unspecified atom stereocenters. The number of phenols is 1. The Morgan fingerprint density at radius 1 is 0.842 bits per heavy atom. The van der Waals surface area contributed by atoms with Crippen LogP contribution in [0.2, 0.25) is 5.02 Å². The Hall–Kier alpha value is -2.06. The number of fused-ring (bicyclic) bond motifs is 1. The van der Waals surface area contributed by atoms with Gasteiger partial charge in [-0.05, 0) is 41.1 Å². The van der Waals surface area contributed by atoms with Gasteiger partial charge in [-0.1, -0.05) is 35.9 Å². The summed E-state index contributed by atoms with van der Waals surface area (Å²) in [6.07, 6.45) is 0. The Balaban J connectivity index is 2.30. The third kappa shape index (κ3) is 2.15. The second kappa shape index (κ2) is 4.56. The molecule has 94 valence electrons. The van der Waals surface area contributed by atoms with Crippen molar-refractivity contribution in [2.24, 2.45) is 0 Å². The highest BCUT2D eigenvalue weighted by Gasteiger charge is 2.10. The van der Waals surface area contributed by atoms with Gasteiger partial charge in [0.2, 0.25) is 0 Å². The van der Waals surface area contributed by atoms with Crippen molar-refractivity contribution in [2.45, 2.75) is 0 Å². The minimum Gasteiger partial charge on any atom is -0.507 e. The third-order valence-corrected chi connectivity index (χ3v) is 3.32. The lowest BCUT2D eigenvalue weighted by atomic mass is 10.00. The summed E-state index contributed by atoms with van der Waals surface area (Å²) in [5.41, 5.74) is 0.842. The van der Waals surface area contributed by atoms with Crippen LogP contribution in [0.15, 0.2) is 54.6 Å². The predicted octanol–water partition coefficient (Wildman–Crippen LogP) is 5.00. The standard InChI is InChI=1S/C16H10ClFO/c17-12-6-5-10-9-16(19)14(8-11(10)7-12)13-3-1-2-4-15(13)18/h1-9,19H. The van der Waals surface area contributed by atoms with Gasteiger partial charge in [0.25, 0.3) is 0 Å². The zero-order valence-electron chi connectivity index (χ0n) is 9.90. The first-order valence-corrected chi connectivity index (χ1v) is 6.20. The number of phenolic OH excluding ortho intramolecular Hbond substituents is 1. The molecule has 0 bridgehead atoms. The van der Waals surface area contributed by atoms with E-state index in [9.17, 15) is 9.50 Å². The number of benzene rings is 3. The van der Waals surface area contributed by atoms with Crippen LogP contribution in [0.5, 0.6) is 5.75 Å². The summed E-state index contributed by atoms with van der Waals surface area (Å²) in [5.74, 6) is -0.306. The normalized spacial score (nSPS) is 10.8. The summed E-state index contributed by atoms with van der Waals surface area (Å²) in [6, 6.07) is 15.1. The fourth-order valence-electron chi connectivity index (χ4n) is 2.15. The monoisotopic (exact) mass is 272 g/mol. The van der Waals surface area contributed by atoms with Crippen LogP contribution in [0.1, 0.15) is 0 Å². The molecule has 0 heterocycles. The molecule has 3 rings (SSSR count). The Kier molecular flexibility index (Phi) is 2.88. The van der Waals surface area contributed by atoms with Gasteiger partial charge in [-0.15, -0.1) is 0 Å². The molecule has 0 aliphatic carbocycles. The smallest absolute Gasteiger partial charge is 0.131 e. The average Bonchev–Trinajstić information content (AvgIpc) is 2.39. The van der Waals surface area contributed by atoms with Gasteiger partial charge in [-0.3, -0.25) is 0 Å². The Morgan fingerprint density at radius 3 is 2.42 bits per heavy atom. The van der Waals surface area contributed by atoms with E-state index in [1.807, 2.05) is 6.07 Å². The first kappa shape index (κ1) is 12.0. The molecule has 1 nitrogen and oxygen atoms in total. The Morgan fingerprint density at radius 2 is 1.63 bits per heavy atom. The lowest BCUT2D eigenvalue weighted by Gasteiger charge is -2.08. The van der Waals surface area contributed by atoms with Gasteiger partial charge >= 0.3 is 0 Å². The van der Waals surface area contributed by atoms with Crippen LogP contribution in [0.4, 0.5) is 4.39 Å². The number of halogens is 2. The molecule has 0 atom stereocenters. The lowest BCUT2D eigenvalue weighted by Crippen LogP contribution is -1.85. The molecule has 3 aromatic carbocycles. The van der Waals surface area contributed by atoms with E-state index in [1.54, 1.807) is 42.5 Å². The lowest BCUT2D eigenvalue weighted by molar-refractivity contribution is 0.477. The number of rotatable bonds is 1. The van der Waals surface area contributed by atoms with Crippen molar-refractivity contribution < 1.29 is 9.50 Å². The molecule has 0 amide bonds. The van der Waals surface area contributed by atoms with Gasteiger partial charge in [0, 0.05) is 16.1 Å². The van der Waals surface area contributed by atoms with Gasteiger partial charge < -0.3 is 5.11 Å². The van der Waals surface area contributed by atoms with Crippen LogP contribution in [0.25, 0.3) is 21.9 Å². The van der Waals surface area contributed by atoms with Crippen molar-refractivity contribution in [3.63, 3.8) is 0 Å². The quantitative estimate of drug-likeness (QED) is 0.660. The maximum absolute atomic E-state index is 13.8. The summed E-state index contributed by atoms with van der Waals surface area (Å²) < 4.78 is 13.8. The SMILES string of the molecule is Oc1cc2ccc(Cl)cc2cc1-c1ccccc1F. The summed E-state index contributed by atoms with van der Waals surface area (Å²) in [5, 5.41) is 12.4. The molecule has 0 radical (unpaired) electrons. The minimum absolute atomic E-state index is 0.0555. The van der Waals surface area contributed by atoms with E-state index >= 15 is 0 Å². The summed E-state index contributed by atoms with van der Waals surface area (Å²) >= 11 is 5.95. The van der Waals surface area contributed by atoms with Crippen molar-refractivity contribution in [1.29, 1.82) is 0 Å². The zero-order valence-corrected chi connectivity index (χ0v) is 10.7. The van der Waals surface area contributed by atoms with E-state index in [2.05, 4.69) is 0 Å². The van der Waals surface area contributed by atoms with Crippen LogP contribution in [0, 0.1) is 5.82 Å². The van der Waals surface area contributed by atoms with Crippen LogP contribution < -0.4 is 0 Å². The molecular formula is C16H10ClFO. The van der Waals surface area contributed by atoms with Crippen LogP contribution in [-0.4, -0.2) is 5.11 Å². The molecule has 3 aromatic rings. The van der Waals surface area contributed by atoms with Crippen molar-refractivity contribution in [3.05, 3.63) is 65.4 Å². The summed E-state index contributed by atoms with van der Waals surface area (Å²) in [7, 11) is 0. The van der Waals surface area contributed by atoms with E-state index in [0.29, 0.717) is 16.1 Å². The molecule has 0 aliphatic heterocycles. The van der Waals surface area contributed by atoms with Gasteiger partial charge in [0.1, 0.15) is 11.6 Å². The fourth-order valence-corrected chi connectivity index (χ4v) is 2.33. The number of hydrogen-bond acceptors (Lipinski definition) is 1. The maximum atomic E-state index is 13.8. The van der Waals surface area contributed by atoms with Crippen molar-refractivity contribution in [2.75, 3.05) is 0 Å². The third-order valence-electron chi connectivity index (χ3n) is 3.08. The number of aromatic hydroxyl groups is 1. The van der Waals surface area contributed by atoms with Crippen molar-refractivity contribution >= 4 is 22.4 Å². The first-order valence-electron chi connectivity index (χ1n) is 5.82. The highest BCUT2D eigenvalue weighted by atomic mass is 35.5. The van der Waals surface area contributed by atoms with Crippen molar-refractivity contribution in [3.8, 4) is 16.9 Å². The Bertz CT molecular complexity index is 768. The molecule has 0 aromatic heterocycles. The van der Waals surface area contributed by atoms with Gasteiger partial charge in [0.15, 0.2) is 0 Å². The molecule has 19 heavy (non-hydrogen) atoms. The molecule has 1 N–H and O–H groups in total. The van der Waals surface area contributed by atoms with Crippen molar-refractivity contribution in [1.82, 2.24) is 0 Å². The van der Waals surface area contributed by atoms with Gasteiger partial charge in [-0.2, -0.15) is 0 Å². The van der Waals surface area contributed by atoms with E-state index in [4.69, 9.17) is 11.6 Å². The molecule has 0 spiro atoms. The van der Waals surface area contributed by atoms with E-state index < -0.39 is 0 Å². The van der Waals surface area contributed by atoms with Crippen LogP contribution in [0.3, 0.4) is 0 Å². The summed E-state index contributed by atoms with van der Waals surface area (Å²) in [4.78, 5) is 0. The maximum Gasteiger partial charge on any atom is 0.131 e. The van der Waals surface area contributed by atoms with Gasteiger partial charge in [-0.25, -0.2) is 4.39 Å². The largest absolute Gasteiger partial charge is 0.507 e. The highest BCUT2D eigenvalue weighted by molar-refractivity contribution is 6.31. The first-order chi connectivity index (χ1) is 9.15. The molecule has 0 fully saturated rings. The second-order valence-electron chi connectivity index (χ2n) is 4.34.